The Bertz CT molecular complexity index is 1090. The molecule has 2 aliphatic heterocycles. The van der Waals surface area contributed by atoms with Crippen LogP contribution in [-0.2, 0) is 4.79 Å². The molecule has 8 heteroatoms. The van der Waals surface area contributed by atoms with Crippen LogP contribution in [-0.4, -0.2) is 55.3 Å². The number of benzene rings is 2. The van der Waals surface area contributed by atoms with Gasteiger partial charge in [-0.15, -0.1) is 0 Å². The lowest BCUT2D eigenvalue weighted by atomic mass is 9.82. The van der Waals surface area contributed by atoms with E-state index in [9.17, 15) is 14.4 Å². The average molecular weight is 472 g/mol. The second-order valence-corrected chi connectivity index (χ2v) is 8.83. The molecule has 174 valence electrons. The molecular weight excluding hydrogens is 446 g/mol. The zero-order valence-electron chi connectivity index (χ0n) is 18.7. The van der Waals surface area contributed by atoms with Crippen LogP contribution in [0.15, 0.2) is 36.4 Å². The SMILES string of the molecule is COc1ccc2c(c1)C(=O)CC1(CCN(C(=O)CCC(=O)c3cc(Cl)ccc3OC)CC1)O2. The van der Waals surface area contributed by atoms with E-state index in [4.69, 9.17) is 25.8 Å². The topological polar surface area (TPSA) is 82.1 Å². The van der Waals surface area contributed by atoms with Gasteiger partial charge in [-0.2, -0.15) is 0 Å². The van der Waals surface area contributed by atoms with Gasteiger partial charge in [0, 0.05) is 43.8 Å². The van der Waals surface area contributed by atoms with Crippen LogP contribution in [0, 0.1) is 0 Å². The third kappa shape index (κ3) is 4.83. The van der Waals surface area contributed by atoms with Gasteiger partial charge in [0.2, 0.25) is 5.91 Å². The largest absolute Gasteiger partial charge is 0.497 e. The predicted octanol–water partition coefficient (Wildman–Crippen LogP) is 4.35. The zero-order chi connectivity index (χ0) is 23.6. The molecule has 1 amide bonds. The molecule has 4 rings (SSSR count). The minimum Gasteiger partial charge on any atom is -0.497 e. The Labute approximate surface area is 197 Å². The summed E-state index contributed by atoms with van der Waals surface area (Å²) in [6, 6.07) is 10.1. The van der Waals surface area contributed by atoms with Crippen molar-refractivity contribution in [3.05, 3.63) is 52.5 Å². The maximum Gasteiger partial charge on any atom is 0.223 e. The molecule has 0 unspecified atom stereocenters. The predicted molar refractivity (Wildman–Crippen MR) is 123 cm³/mol. The van der Waals surface area contributed by atoms with Crippen LogP contribution in [0.4, 0.5) is 0 Å². The molecule has 0 aromatic heterocycles. The molecule has 1 saturated heterocycles. The number of ether oxygens (including phenoxy) is 3. The first-order chi connectivity index (χ1) is 15.8. The number of hydrogen-bond acceptors (Lipinski definition) is 6. The quantitative estimate of drug-likeness (QED) is 0.583. The summed E-state index contributed by atoms with van der Waals surface area (Å²) >= 11 is 6.01. The average Bonchev–Trinajstić information content (AvgIpc) is 2.82. The molecule has 1 fully saturated rings. The maximum absolute atomic E-state index is 12.8. The van der Waals surface area contributed by atoms with E-state index in [0.29, 0.717) is 59.3 Å². The number of methoxy groups -OCH3 is 2. The summed E-state index contributed by atoms with van der Waals surface area (Å²) in [5.74, 6) is 1.36. The molecule has 0 atom stereocenters. The monoisotopic (exact) mass is 471 g/mol. The smallest absolute Gasteiger partial charge is 0.223 e. The molecule has 7 nitrogen and oxygen atoms in total. The fourth-order valence-electron chi connectivity index (χ4n) is 4.45. The van der Waals surface area contributed by atoms with Gasteiger partial charge in [0.1, 0.15) is 22.8 Å². The van der Waals surface area contributed by atoms with E-state index in [0.717, 1.165) is 0 Å². The van der Waals surface area contributed by atoms with Crippen molar-refractivity contribution in [3.8, 4) is 17.2 Å². The highest BCUT2D eigenvalue weighted by molar-refractivity contribution is 6.31. The fraction of sp³-hybridized carbons (Fsp3) is 0.400. The second-order valence-electron chi connectivity index (χ2n) is 8.40. The lowest BCUT2D eigenvalue weighted by Gasteiger charge is -2.44. The van der Waals surface area contributed by atoms with Gasteiger partial charge in [-0.3, -0.25) is 14.4 Å². The molecule has 0 aliphatic carbocycles. The van der Waals surface area contributed by atoms with Crippen molar-refractivity contribution in [1.29, 1.82) is 0 Å². The highest BCUT2D eigenvalue weighted by Gasteiger charge is 2.43. The summed E-state index contributed by atoms with van der Waals surface area (Å²) in [6.45, 7) is 0.957. The number of rotatable bonds is 6. The van der Waals surface area contributed by atoms with Gasteiger partial charge in [-0.05, 0) is 36.4 Å². The number of carbonyl (C=O) groups excluding carboxylic acids is 3. The van der Waals surface area contributed by atoms with Crippen LogP contribution in [0.5, 0.6) is 17.2 Å². The number of Topliss-reactive ketones (excluding diaryl/α,β-unsaturated/α-hetero) is 2. The standard InChI is InChI=1S/C25H26ClNO6/c1-31-17-4-7-23-19(14-17)21(29)15-25(33-23)9-11-27(12-10-25)24(30)8-5-20(28)18-13-16(26)3-6-22(18)32-2/h3-4,6-7,13-14H,5,8-12,15H2,1-2H3. The summed E-state index contributed by atoms with van der Waals surface area (Å²) in [4.78, 5) is 39.9. The Morgan fingerprint density at radius 2 is 1.82 bits per heavy atom. The summed E-state index contributed by atoms with van der Waals surface area (Å²) in [6.07, 6.45) is 1.57. The molecule has 0 bridgehead atoms. The van der Waals surface area contributed by atoms with Crippen LogP contribution < -0.4 is 14.2 Å². The number of amides is 1. The van der Waals surface area contributed by atoms with Gasteiger partial charge in [0.15, 0.2) is 11.6 Å². The Morgan fingerprint density at radius 1 is 1.06 bits per heavy atom. The third-order valence-electron chi connectivity index (χ3n) is 6.35. The van der Waals surface area contributed by atoms with Gasteiger partial charge in [0.25, 0.3) is 0 Å². The van der Waals surface area contributed by atoms with Crippen LogP contribution in [0.2, 0.25) is 5.02 Å². The number of likely N-dealkylation sites (tertiary alicyclic amines) is 1. The first-order valence-corrected chi connectivity index (χ1v) is 11.3. The van der Waals surface area contributed by atoms with Gasteiger partial charge in [-0.25, -0.2) is 0 Å². The Kier molecular flexibility index (Phi) is 6.61. The molecule has 2 heterocycles. The van der Waals surface area contributed by atoms with Crippen LogP contribution in [0.1, 0.15) is 52.8 Å². The van der Waals surface area contributed by atoms with E-state index >= 15 is 0 Å². The van der Waals surface area contributed by atoms with Crippen molar-refractivity contribution in [1.82, 2.24) is 4.90 Å². The first-order valence-electron chi connectivity index (χ1n) is 10.9. The normalized spacial score (nSPS) is 16.7. The fourth-order valence-corrected chi connectivity index (χ4v) is 4.63. The molecular formula is C25H26ClNO6. The van der Waals surface area contributed by atoms with Crippen LogP contribution in [0.3, 0.4) is 0 Å². The number of nitrogens with zero attached hydrogens (tertiary/aromatic N) is 1. The summed E-state index contributed by atoms with van der Waals surface area (Å²) in [7, 11) is 3.05. The number of piperidine rings is 1. The molecule has 0 N–H and O–H groups in total. The number of hydrogen-bond donors (Lipinski definition) is 0. The lowest BCUT2D eigenvalue weighted by Crippen LogP contribution is -2.52. The molecule has 2 aliphatic rings. The van der Waals surface area contributed by atoms with E-state index in [2.05, 4.69) is 0 Å². The number of ketones is 2. The lowest BCUT2D eigenvalue weighted by molar-refractivity contribution is -0.134. The van der Waals surface area contributed by atoms with Crippen LogP contribution in [0.25, 0.3) is 0 Å². The van der Waals surface area contributed by atoms with Crippen molar-refractivity contribution in [2.75, 3.05) is 27.3 Å². The number of fused-ring (bicyclic) bond motifs is 1. The minimum atomic E-state index is -0.598. The van der Waals surface area contributed by atoms with E-state index in [1.54, 1.807) is 48.4 Å². The van der Waals surface area contributed by atoms with Crippen molar-refractivity contribution in [2.24, 2.45) is 0 Å². The molecule has 2 aromatic rings. The summed E-state index contributed by atoms with van der Waals surface area (Å²) in [5.41, 5.74) is 0.313. The highest BCUT2D eigenvalue weighted by Crippen LogP contribution is 2.40. The van der Waals surface area contributed by atoms with Gasteiger partial charge in [0.05, 0.1) is 31.8 Å². The van der Waals surface area contributed by atoms with E-state index < -0.39 is 5.60 Å². The molecule has 2 aromatic carbocycles. The maximum atomic E-state index is 12.8. The zero-order valence-corrected chi connectivity index (χ0v) is 19.4. The molecule has 0 saturated carbocycles. The third-order valence-corrected chi connectivity index (χ3v) is 6.59. The van der Waals surface area contributed by atoms with E-state index in [-0.39, 0.29) is 36.7 Å². The van der Waals surface area contributed by atoms with Crippen molar-refractivity contribution >= 4 is 29.1 Å². The highest BCUT2D eigenvalue weighted by atomic mass is 35.5. The first kappa shape index (κ1) is 23.1. The van der Waals surface area contributed by atoms with Gasteiger partial charge < -0.3 is 19.1 Å². The van der Waals surface area contributed by atoms with Crippen molar-refractivity contribution in [2.45, 2.75) is 37.7 Å². The van der Waals surface area contributed by atoms with E-state index in [1.165, 1.54) is 7.11 Å². The number of halogens is 1. The molecule has 33 heavy (non-hydrogen) atoms. The Hall–Kier alpha value is -3.06. The van der Waals surface area contributed by atoms with Crippen LogP contribution >= 0.6 is 11.6 Å². The second kappa shape index (κ2) is 9.43. The van der Waals surface area contributed by atoms with E-state index in [1.807, 2.05) is 0 Å². The van der Waals surface area contributed by atoms with Gasteiger partial charge >= 0.3 is 0 Å². The summed E-state index contributed by atoms with van der Waals surface area (Å²) in [5, 5.41) is 0.439. The minimum absolute atomic E-state index is 0.0241. The summed E-state index contributed by atoms with van der Waals surface area (Å²) < 4.78 is 16.7. The molecule has 0 radical (unpaired) electrons. The van der Waals surface area contributed by atoms with Crippen molar-refractivity contribution in [3.63, 3.8) is 0 Å². The Balaban J connectivity index is 1.34. The van der Waals surface area contributed by atoms with Crippen molar-refractivity contribution < 1.29 is 28.6 Å². The Morgan fingerprint density at radius 3 is 2.52 bits per heavy atom. The molecule has 1 spiro atoms. The van der Waals surface area contributed by atoms with Gasteiger partial charge in [-0.1, -0.05) is 11.6 Å². The number of carbonyl (C=O) groups is 3.